The minimum atomic E-state index is -0.138. The zero-order valence-corrected chi connectivity index (χ0v) is 13.4. The zero-order valence-electron chi connectivity index (χ0n) is 13.4. The molecule has 1 amide bonds. The SMILES string of the molecule is CCCC(CCO)CNC(=O)c1ccnc(C2CCCC2)n1. The maximum Gasteiger partial charge on any atom is 0.270 e. The molecule has 0 aliphatic heterocycles. The van der Waals surface area contributed by atoms with E-state index in [4.69, 9.17) is 5.11 Å². The van der Waals surface area contributed by atoms with Crippen molar-refractivity contribution >= 4 is 5.91 Å². The number of nitrogens with zero attached hydrogens (tertiary/aromatic N) is 2. The van der Waals surface area contributed by atoms with Crippen molar-refractivity contribution in [1.82, 2.24) is 15.3 Å². The molecule has 1 aliphatic rings. The average Bonchev–Trinajstić information content (AvgIpc) is 3.07. The quantitative estimate of drug-likeness (QED) is 0.774. The molecule has 5 nitrogen and oxygen atoms in total. The lowest BCUT2D eigenvalue weighted by Gasteiger charge is -2.15. The minimum absolute atomic E-state index is 0.138. The fraction of sp³-hybridized carbons (Fsp3) is 0.706. The number of aliphatic hydroxyl groups excluding tert-OH is 1. The number of carbonyl (C=O) groups is 1. The third-order valence-corrected chi connectivity index (χ3v) is 4.41. The van der Waals surface area contributed by atoms with E-state index in [9.17, 15) is 4.79 Å². The van der Waals surface area contributed by atoms with E-state index in [0.29, 0.717) is 24.1 Å². The molecule has 1 atom stereocenters. The molecular formula is C17H27N3O2. The molecule has 0 aromatic carbocycles. The molecule has 1 aliphatic carbocycles. The number of nitrogens with one attached hydrogen (secondary N) is 1. The van der Waals surface area contributed by atoms with Gasteiger partial charge in [0.2, 0.25) is 0 Å². The average molecular weight is 305 g/mol. The Hall–Kier alpha value is -1.49. The van der Waals surface area contributed by atoms with Gasteiger partial charge >= 0.3 is 0 Å². The van der Waals surface area contributed by atoms with Gasteiger partial charge in [0.05, 0.1) is 0 Å². The van der Waals surface area contributed by atoms with Crippen LogP contribution >= 0.6 is 0 Å². The van der Waals surface area contributed by atoms with E-state index in [1.165, 1.54) is 12.8 Å². The first-order chi connectivity index (χ1) is 10.7. The fourth-order valence-electron chi connectivity index (χ4n) is 3.15. The van der Waals surface area contributed by atoms with Crippen LogP contribution < -0.4 is 5.32 Å². The van der Waals surface area contributed by atoms with Crippen LogP contribution in [0, 0.1) is 5.92 Å². The molecule has 0 saturated heterocycles. The molecule has 5 heteroatoms. The second-order valence-corrected chi connectivity index (χ2v) is 6.16. The molecule has 22 heavy (non-hydrogen) atoms. The lowest BCUT2D eigenvalue weighted by molar-refractivity contribution is 0.0937. The lowest BCUT2D eigenvalue weighted by Crippen LogP contribution is -2.30. The number of carbonyl (C=O) groups excluding carboxylic acids is 1. The number of hydrogen-bond acceptors (Lipinski definition) is 4. The van der Waals surface area contributed by atoms with Gasteiger partial charge in [-0.1, -0.05) is 26.2 Å². The van der Waals surface area contributed by atoms with Gasteiger partial charge in [-0.3, -0.25) is 4.79 Å². The molecule has 2 N–H and O–H groups in total. The number of hydrogen-bond donors (Lipinski definition) is 2. The minimum Gasteiger partial charge on any atom is -0.396 e. The normalized spacial score (nSPS) is 16.6. The summed E-state index contributed by atoms with van der Waals surface area (Å²) in [5, 5.41) is 12.0. The number of rotatable bonds is 8. The van der Waals surface area contributed by atoms with Gasteiger partial charge in [0, 0.05) is 25.3 Å². The van der Waals surface area contributed by atoms with Crippen molar-refractivity contribution in [3.63, 3.8) is 0 Å². The smallest absolute Gasteiger partial charge is 0.270 e. The summed E-state index contributed by atoms with van der Waals surface area (Å²) in [5.41, 5.74) is 0.455. The predicted molar refractivity (Wildman–Crippen MR) is 85.7 cm³/mol. The molecule has 2 rings (SSSR count). The number of aliphatic hydroxyl groups is 1. The van der Waals surface area contributed by atoms with Crippen LogP contribution in [0.1, 0.15) is 74.1 Å². The van der Waals surface area contributed by atoms with Crippen molar-refractivity contribution in [2.75, 3.05) is 13.2 Å². The first-order valence-electron chi connectivity index (χ1n) is 8.46. The topological polar surface area (TPSA) is 75.1 Å². The highest BCUT2D eigenvalue weighted by Gasteiger charge is 2.21. The molecule has 122 valence electrons. The lowest BCUT2D eigenvalue weighted by atomic mass is 10.0. The molecule has 1 saturated carbocycles. The van der Waals surface area contributed by atoms with Crippen LogP contribution in [0.5, 0.6) is 0 Å². The summed E-state index contributed by atoms with van der Waals surface area (Å²) in [6, 6.07) is 1.68. The maximum absolute atomic E-state index is 12.3. The Bertz CT molecular complexity index is 467. The molecule has 1 heterocycles. The van der Waals surface area contributed by atoms with Gasteiger partial charge in [0.15, 0.2) is 0 Å². The summed E-state index contributed by atoms with van der Waals surface area (Å²) in [4.78, 5) is 21.0. The van der Waals surface area contributed by atoms with Crippen LogP contribution in [0.3, 0.4) is 0 Å². The van der Waals surface area contributed by atoms with Crippen molar-refractivity contribution in [2.24, 2.45) is 5.92 Å². The van der Waals surface area contributed by atoms with Gasteiger partial charge < -0.3 is 10.4 Å². The summed E-state index contributed by atoms with van der Waals surface area (Å²) < 4.78 is 0. The Morgan fingerprint density at radius 3 is 2.86 bits per heavy atom. The van der Waals surface area contributed by atoms with E-state index in [1.807, 2.05) is 0 Å². The molecule has 1 fully saturated rings. The molecular weight excluding hydrogens is 278 g/mol. The van der Waals surface area contributed by atoms with Gasteiger partial charge in [-0.15, -0.1) is 0 Å². The van der Waals surface area contributed by atoms with Crippen LogP contribution in [0.15, 0.2) is 12.3 Å². The highest BCUT2D eigenvalue weighted by molar-refractivity contribution is 5.92. The van der Waals surface area contributed by atoms with Gasteiger partial charge in [-0.05, 0) is 37.7 Å². The predicted octanol–water partition coefficient (Wildman–Crippen LogP) is 2.66. The van der Waals surface area contributed by atoms with Crippen molar-refractivity contribution in [3.05, 3.63) is 23.8 Å². The van der Waals surface area contributed by atoms with E-state index in [0.717, 1.165) is 37.9 Å². The van der Waals surface area contributed by atoms with Gasteiger partial charge in [-0.2, -0.15) is 0 Å². The monoisotopic (exact) mass is 305 g/mol. The van der Waals surface area contributed by atoms with Gasteiger partial charge in [0.1, 0.15) is 11.5 Å². The summed E-state index contributed by atoms with van der Waals surface area (Å²) in [6.45, 7) is 2.88. The summed E-state index contributed by atoms with van der Waals surface area (Å²) in [6.07, 6.45) is 9.19. The van der Waals surface area contributed by atoms with Crippen LogP contribution in [-0.4, -0.2) is 34.1 Å². The molecule has 1 aromatic rings. The van der Waals surface area contributed by atoms with Gasteiger partial charge in [-0.25, -0.2) is 9.97 Å². The Morgan fingerprint density at radius 2 is 2.18 bits per heavy atom. The summed E-state index contributed by atoms with van der Waals surface area (Å²) in [5.74, 6) is 1.41. The molecule has 0 spiro atoms. The Labute approximate surface area is 132 Å². The van der Waals surface area contributed by atoms with E-state index < -0.39 is 0 Å². The van der Waals surface area contributed by atoms with E-state index in [2.05, 4.69) is 22.2 Å². The fourth-order valence-corrected chi connectivity index (χ4v) is 3.15. The van der Waals surface area contributed by atoms with Crippen molar-refractivity contribution in [1.29, 1.82) is 0 Å². The summed E-state index contributed by atoms with van der Waals surface area (Å²) in [7, 11) is 0. The van der Waals surface area contributed by atoms with E-state index >= 15 is 0 Å². The van der Waals surface area contributed by atoms with Crippen molar-refractivity contribution in [2.45, 2.75) is 57.8 Å². The molecule has 0 radical (unpaired) electrons. The van der Waals surface area contributed by atoms with Crippen LogP contribution in [0.25, 0.3) is 0 Å². The van der Waals surface area contributed by atoms with Crippen LogP contribution in [-0.2, 0) is 0 Å². The number of amides is 1. The molecule has 0 bridgehead atoms. The Kier molecular flexibility index (Phi) is 6.77. The molecule has 1 aromatic heterocycles. The third kappa shape index (κ3) is 4.77. The van der Waals surface area contributed by atoms with Crippen LogP contribution in [0.4, 0.5) is 0 Å². The second-order valence-electron chi connectivity index (χ2n) is 6.16. The van der Waals surface area contributed by atoms with E-state index in [-0.39, 0.29) is 12.5 Å². The Morgan fingerprint density at radius 1 is 1.41 bits per heavy atom. The van der Waals surface area contributed by atoms with Gasteiger partial charge in [0.25, 0.3) is 5.91 Å². The number of aromatic nitrogens is 2. The largest absolute Gasteiger partial charge is 0.396 e. The Balaban J connectivity index is 1.92. The van der Waals surface area contributed by atoms with Crippen molar-refractivity contribution in [3.8, 4) is 0 Å². The highest BCUT2D eigenvalue weighted by atomic mass is 16.3. The first-order valence-corrected chi connectivity index (χ1v) is 8.46. The van der Waals surface area contributed by atoms with E-state index in [1.54, 1.807) is 12.3 Å². The standard InChI is InChI=1S/C17H27N3O2/c1-2-5-13(9-11-21)12-19-17(22)15-8-10-18-16(20-15)14-6-3-4-7-14/h8,10,13-14,21H,2-7,9,11-12H2,1H3,(H,19,22). The second kappa shape index (κ2) is 8.83. The van der Waals surface area contributed by atoms with Crippen molar-refractivity contribution < 1.29 is 9.90 Å². The maximum atomic E-state index is 12.3. The molecule has 1 unspecified atom stereocenters. The zero-order chi connectivity index (χ0) is 15.8. The first kappa shape index (κ1) is 16.9. The third-order valence-electron chi connectivity index (χ3n) is 4.41. The summed E-state index contributed by atoms with van der Waals surface area (Å²) >= 11 is 0. The van der Waals surface area contributed by atoms with Crippen LogP contribution in [0.2, 0.25) is 0 Å². The highest BCUT2D eigenvalue weighted by Crippen LogP contribution is 2.31.